The molecule has 0 atom stereocenters. The van der Waals surface area contributed by atoms with Gasteiger partial charge >= 0.3 is 0 Å². The van der Waals surface area contributed by atoms with E-state index >= 15 is 0 Å². The van der Waals surface area contributed by atoms with E-state index in [0.29, 0.717) is 19.4 Å². The zero-order chi connectivity index (χ0) is 23.0. The molecule has 0 unspecified atom stereocenters. The molecule has 9 nitrogen and oxygen atoms in total. The lowest BCUT2D eigenvalue weighted by Crippen LogP contribution is -2.36. The van der Waals surface area contributed by atoms with Crippen molar-refractivity contribution in [1.29, 1.82) is 0 Å². The van der Waals surface area contributed by atoms with Gasteiger partial charge < -0.3 is 20.3 Å². The summed E-state index contributed by atoms with van der Waals surface area (Å²) in [6.45, 7) is 3.79. The van der Waals surface area contributed by atoms with E-state index in [2.05, 4.69) is 20.9 Å². The maximum Gasteiger partial charge on any atom is 0.269 e. The van der Waals surface area contributed by atoms with E-state index < -0.39 is 4.92 Å². The molecule has 0 spiro atoms. The number of nitrogens with zero attached hydrogens (tertiary/aromatic N) is 3. The molecule has 172 valence electrons. The van der Waals surface area contributed by atoms with Crippen molar-refractivity contribution in [2.45, 2.75) is 12.8 Å². The second kappa shape index (κ2) is 10.9. The van der Waals surface area contributed by atoms with Crippen molar-refractivity contribution >= 4 is 39.4 Å². The number of non-ortho nitro benzene ring substituents is 1. The summed E-state index contributed by atoms with van der Waals surface area (Å²) in [5, 5.41) is 19.8. The fraction of sp³-hybridized carbons (Fsp3) is 0.304. The summed E-state index contributed by atoms with van der Waals surface area (Å²) < 4.78 is 5.40. The van der Waals surface area contributed by atoms with Gasteiger partial charge in [0.25, 0.3) is 5.69 Å². The lowest BCUT2D eigenvalue weighted by molar-refractivity contribution is -0.384. The average Bonchev–Trinajstić information content (AvgIpc) is 3.34. The SMILES string of the molecule is O=C(CCCNc1ccc([N+](=O)[O-])cc1)Nc1ccc(-c2csc(N3CCOCC3)n2)cc1. The molecule has 33 heavy (non-hydrogen) atoms. The number of carbonyl (C=O) groups is 1. The van der Waals surface area contributed by atoms with Crippen molar-refractivity contribution in [3.63, 3.8) is 0 Å². The van der Waals surface area contributed by atoms with Gasteiger partial charge in [0.15, 0.2) is 5.13 Å². The standard InChI is InChI=1S/C23H25N5O4S/c29-22(2-1-11-24-18-7-9-20(10-8-18)28(30)31)25-19-5-3-17(4-6-19)21-16-33-23(26-21)27-12-14-32-15-13-27/h3-10,16,24H,1-2,11-15H2,(H,25,29). The topological polar surface area (TPSA) is 110 Å². The van der Waals surface area contributed by atoms with Gasteiger partial charge in [0.1, 0.15) is 0 Å². The monoisotopic (exact) mass is 467 g/mol. The molecule has 0 radical (unpaired) electrons. The number of carbonyl (C=O) groups excluding carboxylic acids is 1. The van der Waals surface area contributed by atoms with Crippen LogP contribution in [0.5, 0.6) is 0 Å². The third-order valence-corrected chi connectivity index (χ3v) is 6.13. The number of nitrogens with one attached hydrogen (secondary N) is 2. The number of benzene rings is 2. The highest BCUT2D eigenvalue weighted by molar-refractivity contribution is 7.14. The third-order valence-electron chi connectivity index (χ3n) is 5.23. The number of anilines is 3. The van der Waals surface area contributed by atoms with Crippen LogP contribution >= 0.6 is 11.3 Å². The normalized spacial score (nSPS) is 13.5. The Hall–Kier alpha value is -3.50. The number of morpholine rings is 1. The number of hydrogen-bond donors (Lipinski definition) is 2. The largest absolute Gasteiger partial charge is 0.385 e. The van der Waals surface area contributed by atoms with Crippen molar-refractivity contribution in [3.05, 3.63) is 64.0 Å². The summed E-state index contributed by atoms with van der Waals surface area (Å²) in [6.07, 6.45) is 1.01. The summed E-state index contributed by atoms with van der Waals surface area (Å²) in [5.41, 5.74) is 3.53. The van der Waals surface area contributed by atoms with Crippen molar-refractivity contribution in [2.24, 2.45) is 0 Å². The van der Waals surface area contributed by atoms with Crippen molar-refractivity contribution in [1.82, 2.24) is 4.98 Å². The molecule has 1 amide bonds. The van der Waals surface area contributed by atoms with Crippen LogP contribution in [0.15, 0.2) is 53.9 Å². The third kappa shape index (κ3) is 6.27. The molecule has 3 aromatic rings. The second-order valence-electron chi connectivity index (χ2n) is 7.57. The number of nitro groups is 1. The van der Waals surface area contributed by atoms with Crippen LogP contribution in [-0.4, -0.2) is 48.7 Å². The van der Waals surface area contributed by atoms with Gasteiger partial charge in [0, 0.05) is 60.5 Å². The van der Waals surface area contributed by atoms with Gasteiger partial charge in [-0.3, -0.25) is 14.9 Å². The van der Waals surface area contributed by atoms with Crippen LogP contribution in [0.4, 0.5) is 22.2 Å². The summed E-state index contributed by atoms with van der Waals surface area (Å²) in [6, 6.07) is 13.9. The first-order valence-corrected chi connectivity index (χ1v) is 11.6. The number of rotatable bonds is 9. The first kappa shape index (κ1) is 22.7. The van der Waals surface area contributed by atoms with E-state index in [-0.39, 0.29) is 11.6 Å². The quantitative estimate of drug-likeness (QED) is 0.273. The molecule has 2 aromatic carbocycles. The van der Waals surface area contributed by atoms with Crippen LogP contribution < -0.4 is 15.5 Å². The van der Waals surface area contributed by atoms with E-state index in [1.165, 1.54) is 12.1 Å². The van der Waals surface area contributed by atoms with E-state index in [1.54, 1.807) is 23.5 Å². The Bertz CT molecular complexity index is 1080. The van der Waals surface area contributed by atoms with Gasteiger partial charge in [0.2, 0.25) is 5.91 Å². The zero-order valence-corrected chi connectivity index (χ0v) is 18.8. The predicted octanol–water partition coefficient (Wildman–Crippen LogP) is 4.39. The van der Waals surface area contributed by atoms with Crippen LogP contribution in [0, 0.1) is 10.1 Å². The number of aromatic nitrogens is 1. The molecule has 0 bridgehead atoms. The summed E-state index contributed by atoms with van der Waals surface area (Å²) in [7, 11) is 0. The zero-order valence-electron chi connectivity index (χ0n) is 18.0. The van der Waals surface area contributed by atoms with Crippen LogP contribution in [0.25, 0.3) is 11.3 Å². The van der Waals surface area contributed by atoms with Gasteiger partial charge in [-0.25, -0.2) is 4.98 Å². The smallest absolute Gasteiger partial charge is 0.269 e. The van der Waals surface area contributed by atoms with Crippen LogP contribution in [-0.2, 0) is 9.53 Å². The molecular formula is C23H25N5O4S. The Morgan fingerprint density at radius 3 is 2.48 bits per heavy atom. The second-order valence-corrected chi connectivity index (χ2v) is 8.41. The minimum Gasteiger partial charge on any atom is -0.385 e. The molecule has 1 aliphatic rings. The highest BCUT2D eigenvalue weighted by Gasteiger charge is 2.15. The van der Waals surface area contributed by atoms with Gasteiger partial charge in [-0.15, -0.1) is 11.3 Å². The minimum atomic E-state index is -0.430. The summed E-state index contributed by atoms with van der Waals surface area (Å²) >= 11 is 1.63. The van der Waals surface area contributed by atoms with E-state index in [0.717, 1.165) is 54.1 Å². The Morgan fingerprint density at radius 1 is 1.09 bits per heavy atom. The highest BCUT2D eigenvalue weighted by atomic mass is 32.1. The number of hydrogen-bond acceptors (Lipinski definition) is 8. The predicted molar refractivity (Wildman–Crippen MR) is 130 cm³/mol. The number of amides is 1. The first-order chi connectivity index (χ1) is 16.1. The lowest BCUT2D eigenvalue weighted by Gasteiger charge is -2.26. The number of thiazole rings is 1. The molecule has 2 heterocycles. The summed E-state index contributed by atoms with van der Waals surface area (Å²) in [5.74, 6) is -0.0588. The molecule has 1 fully saturated rings. The Labute approximate surface area is 195 Å². The van der Waals surface area contributed by atoms with Gasteiger partial charge in [-0.05, 0) is 30.7 Å². The van der Waals surface area contributed by atoms with Gasteiger partial charge in [-0.2, -0.15) is 0 Å². The summed E-state index contributed by atoms with van der Waals surface area (Å²) in [4.78, 5) is 29.5. The molecule has 1 saturated heterocycles. The van der Waals surface area contributed by atoms with Crippen molar-refractivity contribution < 1.29 is 14.5 Å². The lowest BCUT2D eigenvalue weighted by atomic mass is 10.1. The number of ether oxygens (including phenoxy) is 1. The first-order valence-electron chi connectivity index (χ1n) is 10.8. The molecule has 10 heteroatoms. The Morgan fingerprint density at radius 2 is 1.79 bits per heavy atom. The molecule has 0 saturated carbocycles. The molecular weight excluding hydrogens is 442 g/mol. The van der Waals surface area contributed by atoms with Crippen LogP contribution in [0.3, 0.4) is 0 Å². The maximum atomic E-state index is 12.2. The van der Waals surface area contributed by atoms with E-state index in [4.69, 9.17) is 9.72 Å². The Kier molecular flexibility index (Phi) is 7.48. The van der Waals surface area contributed by atoms with Crippen molar-refractivity contribution in [2.75, 3.05) is 48.4 Å². The molecule has 1 aromatic heterocycles. The van der Waals surface area contributed by atoms with Crippen LogP contribution in [0.1, 0.15) is 12.8 Å². The molecule has 1 aliphatic heterocycles. The van der Waals surface area contributed by atoms with Crippen molar-refractivity contribution in [3.8, 4) is 11.3 Å². The van der Waals surface area contributed by atoms with Crippen LogP contribution in [0.2, 0.25) is 0 Å². The average molecular weight is 468 g/mol. The highest BCUT2D eigenvalue weighted by Crippen LogP contribution is 2.28. The van der Waals surface area contributed by atoms with Gasteiger partial charge in [-0.1, -0.05) is 12.1 Å². The van der Waals surface area contributed by atoms with E-state index in [9.17, 15) is 14.9 Å². The maximum absolute atomic E-state index is 12.2. The number of nitro benzene ring substituents is 1. The molecule has 0 aliphatic carbocycles. The fourth-order valence-corrected chi connectivity index (χ4v) is 4.32. The molecule has 4 rings (SSSR count). The minimum absolute atomic E-state index is 0.0540. The van der Waals surface area contributed by atoms with Gasteiger partial charge in [0.05, 0.1) is 23.8 Å². The fourth-order valence-electron chi connectivity index (χ4n) is 3.43. The van der Waals surface area contributed by atoms with E-state index in [1.807, 2.05) is 24.3 Å². The Balaban J connectivity index is 1.21. The molecule has 2 N–H and O–H groups in total.